The molecule has 27 heavy (non-hydrogen) atoms. The molecule has 0 fully saturated rings. The predicted octanol–water partition coefficient (Wildman–Crippen LogP) is 2.75. The van der Waals surface area contributed by atoms with Crippen molar-refractivity contribution in [2.75, 3.05) is 19.0 Å². The normalized spacial score (nSPS) is 10.0. The van der Waals surface area contributed by atoms with Crippen LogP contribution in [0.5, 0.6) is 5.75 Å². The van der Waals surface area contributed by atoms with E-state index < -0.39 is 24.5 Å². The molecule has 2 N–H and O–H groups in total. The van der Waals surface area contributed by atoms with Gasteiger partial charge in [0.05, 0.1) is 13.5 Å². The van der Waals surface area contributed by atoms with Crippen molar-refractivity contribution in [3.63, 3.8) is 0 Å². The summed E-state index contributed by atoms with van der Waals surface area (Å²) in [5, 5.41) is 4.70. The van der Waals surface area contributed by atoms with Crippen LogP contribution in [0.25, 0.3) is 0 Å². The molecule has 0 aliphatic heterocycles. The van der Waals surface area contributed by atoms with Gasteiger partial charge in [0.15, 0.2) is 6.61 Å². The zero-order chi connectivity index (χ0) is 19.8. The van der Waals surface area contributed by atoms with E-state index in [9.17, 15) is 14.4 Å². The van der Waals surface area contributed by atoms with Crippen molar-refractivity contribution >= 4 is 23.6 Å². The summed E-state index contributed by atoms with van der Waals surface area (Å²) in [5.74, 6) is -0.662. The third kappa shape index (κ3) is 6.47. The van der Waals surface area contributed by atoms with Gasteiger partial charge in [0.2, 0.25) is 0 Å². The molecule has 7 heteroatoms. The molecule has 0 radical (unpaired) electrons. The zero-order valence-electron chi connectivity index (χ0n) is 15.5. The molecule has 7 nitrogen and oxygen atoms in total. The van der Waals surface area contributed by atoms with Crippen molar-refractivity contribution in [1.82, 2.24) is 5.32 Å². The van der Waals surface area contributed by atoms with Gasteiger partial charge >= 0.3 is 12.0 Å². The number of esters is 1. The Morgan fingerprint density at radius 3 is 2.52 bits per heavy atom. The van der Waals surface area contributed by atoms with Gasteiger partial charge in [-0.2, -0.15) is 0 Å². The summed E-state index contributed by atoms with van der Waals surface area (Å²) < 4.78 is 9.98. The van der Waals surface area contributed by atoms with Crippen LogP contribution >= 0.6 is 0 Å². The lowest BCUT2D eigenvalue weighted by atomic mass is 10.1. The molecule has 0 aliphatic carbocycles. The van der Waals surface area contributed by atoms with Crippen molar-refractivity contribution in [1.29, 1.82) is 0 Å². The third-order valence-corrected chi connectivity index (χ3v) is 3.73. The van der Waals surface area contributed by atoms with E-state index >= 15 is 0 Å². The Morgan fingerprint density at radius 1 is 1.04 bits per heavy atom. The Balaban J connectivity index is 1.77. The van der Waals surface area contributed by atoms with Gasteiger partial charge in [-0.1, -0.05) is 29.8 Å². The van der Waals surface area contributed by atoms with Gasteiger partial charge in [-0.25, -0.2) is 4.79 Å². The van der Waals surface area contributed by atoms with Gasteiger partial charge in [-0.05, 0) is 43.2 Å². The minimum absolute atomic E-state index is 0.000756. The fourth-order valence-electron chi connectivity index (χ4n) is 2.42. The van der Waals surface area contributed by atoms with E-state index in [1.165, 1.54) is 7.11 Å². The lowest BCUT2D eigenvalue weighted by Crippen LogP contribution is -2.37. The van der Waals surface area contributed by atoms with Crippen molar-refractivity contribution in [3.8, 4) is 5.75 Å². The molecule has 2 rings (SSSR count). The number of hydrogen-bond donors (Lipinski definition) is 2. The third-order valence-electron chi connectivity index (χ3n) is 3.73. The second kappa shape index (κ2) is 9.38. The lowest BCUT2D eigenvalue weighted by Gasteiger charge is -2.10. The number of aryl methyl sites for hydroxylation is 2. The zero-order valence-corrected chi connectivity index (χ0v) is 15.5. The molecule has 2 aromatic carbocycles. The molecular weight excluding hydrogens is 348 g/mol. The fraction of sp³-hybridized carbons (Fsp3) is 0.250. The summed E-state index contributed by atoms with van der Waals surface area (Å²) in [6.45, 7) is 3.26. The first kappa shape index (κ1) is 20.0. The number of ether oxygens (including phenoxy) is 2. The number of rotatable bonds is 6. The number of urea groups is 1. The van der Waals surface area contributed by atoms with E-state index in [0.717, 1.165) is 11.1 Å². The molecule has 0 bridgehead atoms. The number of methoxy groups -OCH3 is 1. The first-order chi connectivity index (χ1) is 12.9. The second-order valence-corrected chi connectivity index (χ2v) is 6.01. The minimum Gasteiger partial charge on any atom is -0.497 e. The Bertz CT molecular complexity index is 848. The van der Waals surface area contributed by atoms with Crippen LogP contribution in [-0.4, -0.2) is 31.6 Å². The summed E-state index contributed by atoms with van der Waals surface area (Å²) in [5.41, 5.74) is 3.24. The maximum absolute atomic E-state index is 11.9. The lowest BCUT2D eigenvalue weighted by molar-refractivity contribution is -0.147. The molecule has 0 saturated carbocycles. The summed E-state index contributed by atoms with van der Waals surface area (Å²) in [6.07, 6.45) is -0.000756. The molecule has 2 aromatic rings. The highest BCUT2D eigenvalue weighted by Gasteiger charge is 2.12. The number of nitrogens with one attached hydrogen (secondary N) is 2. The average Bonchev–Trinajstić information content (AvgIpc) is 2.62. The highest BCUT2D eigenvalue weighted by Crippen LogP contribution is 2.15. The predicted molar refractivity (Wildman–Crippen MR) is 101 cm³/mol. The monoisotopic (exact) mass is 370 g/mol. The van der Waals surface area contributed by atoms with Crippen molar-refractivity contribution in [3.05, 3.63) is 59.2 Å². The minimum atomic E-state index is -0.712. The summed E-state index contributed by atoms with van der Waals surface area (Å²) >= 11 is 0. The van der Waals surface area contributed by atoms with E-state index in [1.807, 2.05) is 26.0 Å². The van der Waals surface area contributed by atoms with Gasteiger partial charge in [-0.3, -0.25) is 14.9 Å². The summed E-state index contributed by atoms with van der Waals surface area (Å²) in [6, 6.07) is 11.8. The Kier molecular flexibility index (Phi) is 6.93. The van der Waals surface area contributed by atoms with Crippen LogP contribution in [0, 0.1) is 13.8 Å². The highest BCUT2D eigenvalue weighted by molar-refractivity contribution is 6.02. The highest BCUT2D eigenvalue weighted by atomic mass is 16.5. The van der Waals surface area contributed by atoms with Gasteiger partial charge in [0.1, 0.15) is 5.75 Å². The molecule has 0 unspecified atom stereocenters. The summed E-state index contributed by atoms with van der Waals surface area (Å²) in [4.78, 5) is 35.5. The van der Waals surface area contributed by atoms with Crippen LogP contribution in [0.1, 0.15) is 16.7 Å². The fourth-order valence-corrected chi connectivity index (χ4v) is 2.42. The van der Waals surface area contributed by atoms with E-state index in [0.29, 0.717) is 17.0 Å². The van der Waals surface area contributed by atoms with Gasteiger partial charge < -0.3 is 14.8 Å². The van der Waals surface area contributed by atoms with Gasteiger partial charge in [0, 0.05) is 5.69 Å². The van der Waals surface area contributed by atoms with Crippen LogP contribution in [0.4, 0.5) is 10.5 Å². The number of amides is 3. The van der Waals surface area contributed by atoms with Crippen molar-refractivity contribution < 1.29 is 23.9 Å². The molecule has 0 spiro atoms. The molecular formula is C20H22N2O5. The maximum atomic E-state index is 11.9. The first-order valence-electron chi connectivity index (χ1n) is 8.34. The second-order valence-electron chi connectivity index (χ2n) is 6.01. The first-order valence-corrected chi connectivity index (χ1v) is 8.34. The maximum Gasteiger partial charge on any atom is 0.325 e. The van der Waals surface area contributed by atoms with Crippen LogP contribution in [-0.2, 0) is 20.7 Å². The molecule has 0 heterocycles. The number of anilines is 1. The van der Waals surface area contributed by atoms with Crippen molar-refractivity contribution in [2.24, 2.45) is 0 Å². The smallest absolute Gasteiger partial charge is 0.325 e. The van der Waals surface area contributed by atoms with E-state index in [4.69, 9.17) is 9.47 Å². The molecule has 0 saturated heterocycles. The van der Waals surface area contributed by atoms with E-state index in [1.54, 1.807) is 30.3 Å². The largest absolute Gasteiger partial charge is 0.497 e. The molecule has 0 atom stereocenters. The molecule has 0 aliphatic rings. The Labute approximate surface area is 157 Å². The number of carbonyl (C=O) groups is 3. The standard InChI is InChI=1S/C20H22N2O5/c1-13-7-8-17(14(2)9-13)21-20(25)22-18(23)12-27-19(24)11-15-5-4-6-16(10-15)26-3/h4-10H,11-12H2,1-3H3,(H2,21,22,23,25). The van der Waals surface area contributed by atoms with E-state index in [-0.39, 0.29) is 6.42 Å². The SMILES string of the molecule is COc1cccc(CC(=O)OCC(=O)NC(=O)Nc2ccc(C)cc2C)c1. The van der Waals surface area contributed by atoms with Crippen molar-refractivity contribution in [2.45, 2.75) is 20.3 Å². The molecule has 142 valence electrons. The number of carbonyl (C=O) groups excluding carboxylic acids is 3. The van der Waals surface area contributed by atoms with Gasteiger partial charge in [0.25, 0.3) is 5.91 Å². The van der Waals surface area contributed by atoms with Crippen LogP contribution < -0.4 is 15.4 Å². The molecule has 3 amide bonds. The van der Waals surface area contributed by atoms with E-state index in [2.05, 4.69) is 10.6 Å². The number of benzene rings is 2. The number of imide groups is 1. The molecule has 0 aromatic heterocycles. The van der Waals surface area contributed by atoms with Gasteiger partial charge in [-0.15, -0.1) is 0 Å². The van der Waals surface area contributed by atoms with Crippen LogP contribution in [0.15, 0.2) is 42.5 Å². The topological polar surface area (TPSA) is 93.7 Å². The van der Waals surface area contributed by atoms with Crippen LogP contribution in [0.2, 0.25) is 0 Å². The van der Waals surface area contributed by atoms with Crippen LogP contribution in [0.3, 0.4) is 0 Å². The Morgan fingerprint density at radius 2 is 1.81 bits per heavy atom. The average molecular weight is 370 g/mol. The Hall–Kier alpha value is -3.35. The quantitative estimate of drug-likeness (QED) is 0.763. The summed E-state index contributed by atoms with van der Waals surface area (Å²) in [7, 11) is 1.53. The number of hydrogen-bond acceptors (Lipinski definition) is 5.